The number of benzene rings is 2. The number of anilines is 1. The predicted molar refractivity (Wildman–Crippen MR) is 102 cm³/mol. The van der Waals surface area contributed by atoms with Crippen LogP contribution in [0.4, 0.5) is 10.1 Å². The van der Waals surface area contributed by atoms with Crippen molar-refractivity contribution in [3.05, 3.63) is 66.0 Å². The Labute approximate surface area is 162 Å². The Morgan fingerprint density at radius 3 is 2.07 bits per heavy atom. The summed E-state index contributed by atoms with van der Waals surface area (Å²) < 4.78 is 13.5. The molecule has 1 amide bonds. The molecule has 7 nitrogen and oxygen atoms in total. The van der Waals surface area contributed by atoms with E-state index in [9.17, 15) is 9.18 Å². The fraction of sp³-hybridized carbons (Fsp3) is 0.250. The number of aliphatic carboxylic acids is 2. The van der Waals surface area contributed by atoms with Crippen LogP contribution in [0.25, 0.3) is 0 Å². The minimum absolute atomic E-state index is 0.170. The first kappa shape index (κ1) is 22.8. The van der Waals surface area contributed by atoms with Crippen LogP contribution in [0.2, 0.25) is 0 Å². The number of halogens is 1. The number of hydrogen-bond donors (Lipinski definition) is 3. The summed E-state index contributed by atoms with van der Waals surface area (Å²) in [5.74, 6) is -4.23. The second-order valence-corrected chi connectivity index (χ2v) is 5.74. The molecule has 0 aliphatic carbocycles. The Balaban J connectivity index is 0.000000568. The quantitative estimate of drug-likeness (QED) is 0.628. The molecular weight excluding hydrogens is 367 g/mol. The van der Waals surface area contributed by atoms with Crippen molar-refractivity contribution in [1.29, 1.82) is 0 Å². The van der Waals surface area contributed by atoms with Crippen LogP contribution >= 0.6 is 0 Å². The Hall–Kier alpha value is -3.26. The van der Waals surface area contributed by atoms with Gasteiger partial charge in [-0.3, -0.25) is 9.69 Å². The van der Waals surface area contributed by atoms with Gasteiger partial charge in [-0.05, 0) is 24.2 Å². The number of para-hydroxylation sites is 1. The number of carbonyl (C=O) groups is 3. The first-order chi connectivity index (χ1) is 13.3. The lowest BCUT2D eigenvalue weighted by Gasteiger charge is -2.20. The van der Waals surface area contributed by atoms with Gasteiger partial charge in [-0.15, -0.1) is 0 Å². The summed E-state index contributed by atoms with van der Waals surface area (Å²) in [6.45, 7) is 4.38. The van der Waals surface area contributed by atoms with E-state index < -0.39 is 17.8 Å². The lowest BCUT2D eigenvalue weighted by Crippen LogP contribution is -2.27. The summed E-state index contributed by atoms with van der Waals surface area (Å²) in [6, 6.07) is 16.3. The number of rotatable bonds is 7. The molecule has 0 bridgehead atoms. The Bertz CT molecular complexity index is 771. The van der Waals surface area contributed by atoms with Crippen LogP contribution in [-0.2, 0) is 20.9 Å². The van der Waals surface area contributed by atoms with E-state index in [1.165, 1.54) is 11.6 Å². The van der Waals surface area contributed by atoms with Gasteiger partial charge in [-0.1, -0.05) is 49.4 Å². The molecule has 2 rings (SSSR count). The number of hydrogen-bond acceptors (Lipinski definition) is 4. The molecule has 2 aromatic rings. The molecule has 2 aromatic carbocycles. The van der Waals surface area contributed by atoms with Crippen LogP contribution in [0.1, 0.15) is 18.9 Å². The molecule has 0 atom stereocenters. The molecule has 0 unspecified atom stereocenters. The van der Waals surface area contributed by atoms with Crippen molar-refractivity contribution in [2.75, 3.05) is 18.4 Å². The van der Waals surface area contributed by atoms with Crippen molar-refractivity contribution >= 4 is 23.5 Å². The maximum atomic E-state index is 13.5. The van der Waals surface area contributed by atoms with Gasteiger partial charge in [0.1, 0.15) is 5.82 Å². The minimum Gasteiger partial charge on any atom is -0.473 e. The summed E-state index contributed by atoms with van der Waals surface area (Å²) in [5, 5.41) is 17.4. The van der Waals surface area contributed by atoms with Gasteiger partial charge in [0, 0.05) is 19.5 Å². The van der Waals surface area contributed by atoms with Crippen LogP contribution in [0.3, 0.4) is 0 Å². The van der Waals surface area contributed by atoms with E-state index in [0.717, 1.165) is 13.1 Å². The highest BCUT2D eigenvalue weighted by Gasteiger charge is 2.09. The second-order valence-electron chi connectivity index (χ2n) is 5.74. The van der Waals surface area contributed by atoms with Gasteiger partial charge in [0.15, 0.2) is 0 Å². The molecule has 0 aliphatic heterocycles. The summed E-state index contributed by atoms with van der Waals surface area (Å²) in [7, 11) is 0. The standard InChI is InChI=1S/C18H21FN2O.C2H2O4/c1-2-21(14-15-8-4-3-5-9-15)13-12-18(22)20-17-11-7-6-10-16(17)19;3-1(4)2(5)6/h3-11H,2,12-14H2,1H3,(H,20,22);(H,3,4)(H,5,6). The summed E-state index contributed by atoms with van der Waals surface area (Å²) in [4.78, 5) is 32.3. The molecule has 0 heterocycles. The zero-order valence-corrected chi connectivity index (χ0v) is 15.5. The van der Waals surface area contributed by atoms with E-state index in [0.29, 0.717) is 13.0 Å². The fourth-order valence-corrected chi connectivity index (χ4v) is 2.23. The number of carbonyl (C=O) groups excluding carboxylic acids is 1. The number of amides is 1. The maximum Gasteiger partial charge on any atom is 0.414 e. The highest BCUT2D eigenvalue weighted by molar-refractivity contribution is 6.27. The molecule has 0 fully saturated rings. The number of nitrogens with zero attached hydrogens (tertiary/aromatic N) is 1. The third-order valence-electron chi connectivity index (χ3n) is 3.68. The summed E-state index contributed by atoms with van der Waals surface area (Å²) >= 11 is 0. The number of carboxylic acid groups (broad SMARTS) is 2. The van der Waals surface area contributed by atoms with Crippen molar-refractivity contribution in [2.45, 2.75) is 19.9 Å². The Kier molecular flexibility index (Phi) is 9.91. The molecule has 28 heavy (non-hydrogen) atoms. The normalized spacial score (nSPS) is 9.96. The Morgan fingerprint density at radius 1 is 0.964 bits per heavy atom. The average Bonchev–Trinajstić information content (AvgIpc) is 2.68. The minimum atomic E-state index is -1.82. The zero-order chi connectivity index (χ0) is 20.9. The molecule has 0 saturated carbocycles. The predicted octanol–water partition coefficient (Wildman–Crippen LogP) is 2.83. The van der Waals surface area contributed by atoms with Crippen molar-refractivity contribution in [2.24, 2.45) is 0 Å². The van der Waals surface area contributed by atoms with Crippen LogP contribution in [0.5, 0.6) is 0 Å². The third kappa shape index (κ3) is 8.91. The second kappa shape index (κ2) is 12.2. The van der Waals surface area contributed by atoms with Gasteiger partial charge in [0.25, 0.3) is 0 Å². The van der Waals surface area contributed by atoms with E-state index in [1.54, 1.807) is 18.2 Å². The molecule has 0 radical (unpaired) electrons. The van der Waals surface area contributed by atoms with Crippen LogP contribution in [0, 0.1) is 5.82 Å². The smallest absolute Gasteiger partial charge is 0.414 e. The summed E-state index contributed by atoms with van der Waals surface area (Å²) in [6.07, 6.45) is 0.342. The van der Waals surface area contributed by atoms with E-state index in [-0.39, 0.29) is 11.6 Å². The molecule has 0 aromatic heterocycles. The van der Waals surface area contributed by atoms with Crippen LogP contribution in [0.15, 0.2) is 54.6 Å². The highest BCUT2D eigenvalue weighted by atomic mass is 19.1. The van der Waals surface area contributed by atoms with Gasteiger partial charge >= 0.3 is 11.9 Å². The number of nitrogens with one attached hydrogen (secondary N) is 1. The average molecular weight is 390 g/mol. The highest BCUT2D eigenvalue weighted by Crippen LogP contribution is 2.13. The first-order valence-electron chi connectivity index (χ1n) is 8.60. The molecule has 150 valence electrons. The Morgan fingerprint density at radius 2 is 1.54 bits per heavy atom. The van der Waals surface area contributed by atoms with Gasteiger partial charge in [-0.25, -0.2) is 14.0 Å². The van der Waals surface area contributed by atoms with Crippen LogP contribution < -0.4 is 5.32 Å². The molecule has 0 saturated heterocycles. The number of carboxylic acids is 2. The van der Waals surface area contributed by atoms with Gasteiger partial charge < -0.3 is 15.5 Å². The summed E-state index contributed by atoms with van der Waals surface area (Å²) in [5.41, 5.74) is 1.46. The molecule has 8 heteroatoms. The zero-order valence-electron chi connectivity index (χ0n) is 15.5. The molecular formula is C20H23FN2O5. The maximum absolute atomic E-state index is 13.5. The monoisotopic (exact) mass is 390 g/mol. The topological polar surface area (TPSA) is 107 Å². The van der Waals surface area contributed by atoms with Crippen molar-refractivity contribution in [1.82, 2.24) is 4.90 Å². The third-order valence-corrected chi connectivity index (χ3v) is 3.68. The lowest BCUT2D eigenvalue weighted by molar-refractivity contribution is -0.159. The van der Waals surface area contributed by atoms with Gasteiger partial charge in [0.05, 0.1) is 5.69 Å². The van der Waals surface area contributed by atoms with E-state index in [2.05, 4.69) is 29.3 Å². The van der Waals surface area contributed by atoms with E-state index in [4.69, 9.17) is 19.8 Å². The molecule has 3 N–H and O–H groups in total. The van der Waals surface area contributed by atoms with Crippen molar-refractivity contribution < 1.29 is 29.0 Å². The van der Waals surface area contributed by atoms with Crippen molar-refractivity contribution in [3.63, 3.8) is 0 Å². The lowest BCUT2D eigenvalue weighted by atomic mass is 10.2. The van der Waals surface area contributed by atoms with E-state index in [1.807, 2.05) is 18.2 Å². The van der Waals surface area contributed by atoms with Gasteiger partial charge in [0.2, 0.25) is 5.91 Å². The van der Waals surface area contributed by atoms with Crippen molar-refractivity contribution in [3.8, 4) is 0 Å². The molecule has 0 spiro atoms. The fourth-order valence-electron chi connectivity index (χ4n) is 2.23. The SMILES string of the molecule is CCN(CCC(=O)Nc1ccccc1F)Cc1ccccc1.O=C(O)C(=O)O. The van der Waals surface area contributed by atoms with E-state index >= 15 is 0 Å². The largest absolute Gasteiger partial charge is 0.473 e. The first-order valence-corrected chi connectivity index (χ1v) is 8.60. The molecule has 0 aliphatic rings. The van der Waals surface area contributed by atoms with Gasteiger partial charge in [-0.2, -0.15) is 0 Å². The van der Waals surface area contributed by atoms with Crippen LogP contribution in [-0.4, -0.2) is 46.0 Å².